The lowest BCUT2D eigenvalue weighted by atomic mass is 9.87. The smallest absolute Gasteiger partial charge is 0.321 e. The predicted octanol–water partition coefficient (Wildman–Crippen LogP) is 2.43. The minimum atomic E-state index is -0.800. The van der Waals surface area contributed by atoms with Crippen molar-refractivity contribution in [1.82, 2.24) is 4.90 Å². The van der Waals surface area contributed by atoms with Gasteiger partial charge in [0, 0.05) is 24.7 Å². The van der Waals surface area contributed by atoms with E-state index in [1.807, 2.05) is 31.2 Å². The number of carbonyl (C=O) groups is 2. The molecule has 0 saturated carbocycles. The van der Waals surface area contributed by atoms with Gasteiger partial charge in [-0.05, 0) is 18.1 Å². The van der Waals surface area contributed by atoms with Crippen LogP contribution in [0.4, 0.5) is 10.5 Å². The van der Waals surface area contributed by atoms with Crippen LogP contribution < -0.4 is 5.32 Å². The number of rotatable bonds is 4. The molecule has 5 nitrogen and oxygen atoms in total. The van der Waals surface area contributed by atoms with Crippen LogP contribution in [-0.2, 0) is 11.2 Å². The van der Waals surface area contributed by atoms with Gasteiger partial charge in [0.1, 0.15) is 0 Å². The summed E-state index contributed by atoms with van der Waals surface area (Å²) in [5, 5.41) is 11.8. The second-order valence-electron chi connectivity index (χ2n) is 5.23. The molecule has 1 aliphatic heterocycles. The van der Waals surface area contributed by atoms with Crippen LogP contribution in [0.15, 0.2) is 24.3 Å². The second-order valence-corrected chi connectivity index (χ2v) is 5.23. The van der Waals surface area contributed by atoms with Crippen LogP contribution in [0.1, 0.15) is 19.4 Å². The van der Waals surface area contributed by atoms with Crippen molar-refractivity contribution in [2.75, 3.05) is 18.4 Å². The van der Waals surface area contributed by atoms with E-state index in [2.05, 4.69) is 5.32 Å². The van der Waals surface area contributed by atoms with E-state index >= 15 is 0 Å². The Labute approximate surface area is 118 Å². The third kappa shape index (κ3) is 2.92. The van der Waals surface area contributed by atoms with Gasteiger partial charge >= 0.3 is 12.0 Å². The Kier molecular flexibility index (Phi) is 4.27. The number of nitrogens with zero attached hydrogens (tertiary/aromatic N) is 1. The number of urea groups is 1. The van der Waals surface area contributed by atoms with Gasteiger partial charge < -0.3 is 15.3 Å². The highest BCUT2D eigenvalue weighted by atomic mass is 16.4. The molecule has 5 heteroatoms. The molecule has 1 atom stereocenters. The van der Waals surface area contributed by atoms with E-state index in [1.54, 1.807) is 11.8 Å². The van der Waals surface area contributed by atoms with Crippen LogP contribution >= 0.6 is 0 Å². The van der Waals surface area contributed by atoms with E-state index in [1.165, 1.54) is 0 Å². The maximum atomic E-state index is 12.1. The number of para-hydroxylation sites is 1. The lowest BCUT2D eigenvalue weighted by Crippen LogP contribution is -2.54. The Bertz CT molecular complexity index is 510. The minimum Gasteiger partial charge on any atom is -0.481 e. The van der Waals surface area contributed by atoms with Crippen molar-refractivity contribution in [2.45, 2.75) is 20.3 Å². The SMILES string of the molecule is CCc1ccccc1NC(=O)N1CC(C(C)C(=O)O)C1. The van der Waals surface area contributed by atoms with Crippen molar-refractivity contribution in [1.29, 1.82) is 0 Å². The molecule has 0 aromatic heterocycles. The first-order valence-electron chi connectivity index (χ1n) is 6.89. The lowest BCUT2D eigenvalue weighted by molar-refractivity contribution is -0.144. The summed E-state index contributed by atoms with van der Waals surface area (Å²) in [5.74, 6) is -1.15. The predicted molar refractivity (Wildman–Crippen MR) is 76.7 cm³/mol. The zero-order valence-corrected chi connectivity index (χ0v) is 11.8. The molecule has 0 spiro atoms. The molecule has 1 fully saturated rings. The summed E-state index contributed by atoms with van der Waals surface area (Å²) in [5.41, 5.74) is 1.92. The number of amides is 2. The quantitative estimate of drug-likeness (QED) is 0.887. The minimum absolute atomic E-state index is 0.0552. The van der Waals surface area contributed by atoms with Crippen molar-refractivity contribution in [3.8, 4) is 0 Å². The van der Waals surface area contributed by atoms with Gasteiger partial charge in [-0.25, -0.2) is 4.79 Å². The summed E-state index contributed by atoms with van der Waals surface area (Å²) in [6.45, 7) is 4.75. The lowest BCUT2D eigenvalue weighted by Gasteiger charge is -2.41. The molecule has 1 heterocycles. The molecule has 0 radical (unpaired) electrons. The van der Waals surface area contributed by atoms with Gasteiger partial charge in [-0.15, -0.1) is 0 Å². The highest BCUT2D eigenvalue weighted by Gasteiger charge is 2.37. The molecule has 1 unspecified atom stereocenters. The van der Waals surface area contributed by atoms with Crippen LogP contribution in [0.25, 0.3) is 0 Å². The molecule has 2 rings (SSSR count). The van der Waals surface area contributed by atoms with Crippen LogP contribution in [0.3, 0.4) is 0 Å². The standard InChI is InChI=1S/C15H20N2O3/c1-3-11-6-4-5-7-13(11)16-15(20)17-8-12(9-17)10(2)14(18)19/h4-7,10,12H,3,8-9H2,1-2H3,(H,16,20)(H,18,19). The van der Waals surface area contributed by atoms with Crippen molar-refractivity contribution >= 4 is 17.7 Å². The maximum Gasteiger partial charge on any atom is 0.321 e. The molecular weight excluding hydrogens is 256 g/mol. The molecule has 0 bridgehead atoms. The van der Waals surface area contributed by atoms with Crippen LogP contribution in [0, 0.1) is 11.8 Å². The molecule has 2 amide bonds. The molecular formula is C15H20N2O3. The third-order valence-electron chi connectivity index (χ3n) is 3.93. The molecule has 20 heavy (non-hydrogen) atoms. The van der Waals surface area contributed by atoms with E-state index in [0.717, 1.165) is 17.7 Å². The number of benzene rings is 1. The molecule has 2 N–H and O–H groups in total. The topological polar surface area (TPSA) is 69.6 Å². The number of carboxylic acid groups (broad SMARTS) is 1. The summed E-state index contributed by atoms with van der Waals surface area (Å²) in [6.07, 6.45) is 0.856. The number of aliphatic carboxylic acids is 1. The zero-order valence-electron chi connectivity index (χ0n) is 11.8. The van der Waals surface area contributed by atoms with Gasteiger partial charge in [-0.1, -0.05) is 32.0 Å². The Balaban J connectivity index is 1.90. The summed E-state index contributed by atoms with van der Waals surface area (Å²) in [7, 11) is 0. The van der Waals surface area contributed by atoms with Crippen molar-refractivity contribution in [2.24, 2.45) is 11.8 Å². The van der Waals surface area contributed by atoms with Gasteiger partial charge in [-0.3, -0.25) is 4.79 Å². The number of hydrogen-bond acceptors (Lipinski definition) is 2. The van der Waals surface area contributed by atoms with Gasteiger partial charge in [0.2, 0.25) is 0 Å². The molecule has 1 aromatic carbocycles. The van der Waals surface area contributed by atoms with Crippen molar-refractivity contribution < 1.29 is 14.7 Å². The molecule has 1 aliphatic rings. The van der Waals surface area contributed by atoms with E-state index in [9.17, 15) is 9.59 Å². The Morgan fingerprint density at radius 3 is 2.65 bits per heavy atom. The molecule has 1 aromatic rings. The fourth-order valence-corrected chi connectivity index (χ4v) is 2.34. The van der Waals surface area contributed by atoms with E-state index < -0.39 is 11.9 Å². The Hall–Kier alpha value is -2.04. The maximum absolute atomic E-state index is 12.1. The third-order valence-corrected chi connectivity index (χ3v) is 3.93. The average molecular weight is 276 g/mol. The van der Waals surface area contributed by atoms with E-state index in [-0.39, 0.29) is 11.9 Å². The van der Waals surface area contributed by atoms with Gasteiger partial charge in [-0.2, -0.15) is 0 Å². The van der Waals surface area contributed by atoms with E-state index in [0.29, 0.717) is 13.1 Å². The van der Waals surface area contributed by atoms with Gasteiger partial charge in [0.25, 0.3) is 0 Å². The molecule has 108 valence electrons. The number of anilines is 1. The fraction of sp³-hybridized carbons (Fsp3) is 0.467. The van der Waals surface area contributed by atoms with Crippen LogP contribution in [0.2, 0.25) is 0 Å². The Morgan fingerprint density at radius 2 is 2.05 bits per heavy atom. The number of likely N-dealkylation sites (tertiary alicyclic amines) is 1. The monoisotopic (exact) mass is 276 g/mol. The summed E-state index contributed by atoms with van der Waals surface area (Å²) < 4.78 is 0. The number of carboxylic acids is 1. The van der Waals surface area contributed by atoms with E-state index in [4.69, 9.17) is 5.11 Å². The zero-order chi connectivity index (χ0) is 14.7. The molecule has 1 saturated heterocycles. The highest BCUT2D eigenvalue weighted by molar-refractivity contribution is 5.90. The number of aryl methyl sites for hydroxylation is 1. The Morgan fingerprint density at radius 1 is 1.40 bits per heavy atom. The number of hydrogen-bond donors (Lipinski definition) is 2. The highest BCUT2D eigenvalue weighted by Crippen LogP contribution is 2.25. The first-order chi connectivity index (χ1) is 9.52. The van der Waals surface area contributed by atoms with Gasteiger partial charge in [0.05, 0.1) is 5.92 Å². The van der Waals surface area contributed by atoms with Crippen molar-refractivity contribution in [3.05, 3.63) is 29.8 Å². The summed E-state index contributed by atoms with van der Waals surface area (Å²) in [4.78, 5) is 24.6. The van der Waals surface area contributed by atoms with Crippen LogP contribution in [-0.4, -0.2) is 35.1 Å². The normalized spacial score (nSPS) is 16.4. The summed E-state index contributed by atoms with van der Waals surface area (Å²) >= 11 is 0. The average Bonchev–Trinajstić information content (AvgIpc) is 2.37. The number of carbonyl (C=O) groups excluding carboxylic acids is 1. The first kappa shape index (κ1) is 14.4. The largest absolute Gasteiger partial charge is 0.481 e. The van der Waals surface area contributed by atoms with Gasteiger partial charge in [0.15, 0.2) is 0 Å². The summed E-state index contributed by atoms with van der Waals surface area (Å²) in [6, 6.07) is 7.55. The molecule has 0 aliphatic carbocycles. The van der Waals surface area contributed by atoms with Crippen molar-refractivity contribution in [3.63, 3.8) is 0 Å². The first-order valence-corrected chi connectivity index (χ1v) is 6.89. The van der Waals surface area contributed by atoms with Crippen LogP contribution in [0.5, 0.6) is 0 Å². The second kappa shape index (κ2) is 5.94. The number of nitrogens with one attached hydrogen (secondary N) is 1. The fourth-order valence-electron chi connectivity index (χ4n) is 2.34.